The predicted molar refractivity (Wildman–Crippen MR) is 78.9 cm³/mol. The molecule has 0 aromatic heterocycles. The zero-order valence-corrected chi connectivity index (χ0v) is 11.9. The molecule has 6 heteroatoms. The molecule has 106 valence electrons. The van der Waals surface area contributed by atoms with Crippen molar-refractivity contribution in [2.24, 2.45) is 0 Å². The molecule has 0 heterocycles. The summed E-state index contributed by atoms with van der Waals surface area (Å²) in [5.41, 5.74) is 12.9. The molecule has 2 aromatic carbocycles. The average Bonchev–Trinajstić information content (AvgIpc) is 2.43. The van der Waals surface area contributed by atoms with Crippen LogP contribution in [0.5, 0.6) is 5.75 Å². The Morgan fingerprint density at radius 3 is 2.20 bits per heavy atom. The van der Waals surface area contributed by atoms with Crippen LogP contribution in [0.4, 0.5) is 11.4 Å². The molecule has 0 aliphatic heterocycles. The van der Waals surface area contributed by atoms with E-state index in [4.69, 9.17) is 15.7 Å². The first-order valence-corrected chi connectivity index (χ1v) is 7.51. The minimum absolute atomic E-state index is 0.102. The van der Waals surface area contributed by atoms with E-state index in [1.165, 1.54) is 30.3 Å². The summed E-state index contributed by atoms with van der Waals surface area (Å²) >= 11 is 0. The first-order chi connectivity index (χ1) is 9.42. The zero-order valence-electron chi connectivity index (χ0n) is 11.0. The fourth-order valence-electron chi connectivity index (χ4n) is 1.67. The summed E-state index contributed by atoms with van der Waals surface area (Å²) in [5.74, 6) is 0.135. The Hall–Kier alpha value is -2.21. The van der Waals surface area contributed by atoms with E-state index in [1.807, 2.05) is 6.92 Å². The van der Waals surface area contributed by atoms with Gasteiger partial charge in [0.1, 0.15) is 10.6 Å². The van der Waals surface area contributed by atoms with Gasteiger partial charge in [-0.25, -0.2) is 0 Å². The van der Waals surface area contributed by atoms with Gasteiger partial charge in [-0.3, -0.25) is 0 Å². The molecule has 0 fully saturated rings. The largest absolute Gasteiger partial charge is 0.397 e. The number of anilines is 2. The lowest BCUT2D eigenvalue weighted by Gasteiger charge is -2.09. The molecule has 0 saturated heterocycles. The molecule has 0 saturated carbocycles. The maximum absolute atomic E-state index is 12.1. The third-order valence-corrected chi connectivity index (χ3v) is 4.15. The van der Waals surface area contributed by atoms with Crippen molar-refractivity contribution in [3.05, 3.63) is 48.0 Å². The van der Waals surface area contributed by atoms with Crippen molar-refractivity contribution in [3.8, 4) is 5.75 Å². The number of benzene rings is 2. The third-order valence-electron chi connectivity index (χ3n) is 2.88. The second-order valence-corrected chi connectivity index (χ2v) is 5.87. The molecular formula is C14H16N2O3S. The second kappa shape index (κ2) is 5.42. The monoisotopic (exact) mass is 292 g/mol. The van der Waals surface area contributed by atoms with Crippen LogP contribution < -0.4 is 15.7 Å². The highest BCUT2D eigenvalue weighted by atomic mass is 32.2. The van der Waals surface area contributed by atoms with Gasteiger partial charge in [-0.2, -0.15) is 8.42 Å². The van der Waals surface area contributed by atoms with Crippen molar-refractivity contribution in [2.75, 3.05) is 11.5 Å². The van der Waals surface area contributed by atoms with Crippen LogP contribution in [0.15, 0.2) is 47.4 Å². The van der Waals surface area contributed by atoms with E-state index < -0.39 is 10.1 Å². The lowest BCUT2D eigenvalue weighted by molar-refractivity contribution is 0.486. The average molecular weight is 292 g/mol. The Morgan fingerprint density at radius 1 is 1.00 bits per heavy atom. The van der Waals surface area contributed by atoms with E-state index in [-0.39, 0.29) is 16.3 Å². The van der Waals surface area contributed by atoms with Gasteiger partial charge in [0.15, 0.2) is 0 Å². The predicted octanol–water partition coefficient (Wildman–Crippen LogP) is 2.18. The quantitative estimate of drug-likeness (QED) is 0.665. The molecule has 5 nitrogen and oxygen atoms in total. The minimum atomic E-state index is -3.86. The summed E-state index contributed by atoms with van der Waals surface area (Å²) in [7, 11) is -3.86. The van der Waals surface area contributed by atoms with Crippen LogP contribution in [0.3, 0.4) is 0 Å². The van der Waals surface area contributed by atoms with E-state index in [2.05, 4.69) is 0 Å². The number of nitrogen functional groups attached to an aromatic ring is 2. The Morgan fingerprint density at radius 2 is 1.65 bits per heavy atom. The van der Waals surface area contributed by atoms with Crippen molar-refractivity contribution in [1.29, 1.82) is 0 Å². The highest BCUT2D eigenvalue weighted by Gasteiger charge is 2.16. The lowest BCUT2D eigenvalue weighted by Crippen LogP contribution is -2.10. The molecular weight excluding hydrogens is 276 g/mol. The van der Waals surface area contributed by atoms with Crippen LogP contribution >= 0.6 is 0 Å². The number of hydrogen-bond acceptors (Lipinski definition) is 5. The Balaban J connectivity index is 2.27. The topological polar surface area (TPSA) is 95.4 Å². The van der Waals surface area contributed by atoms with Gasteiger partial charge in [0.25, 0.3) is 0 Å². The molecule has 0 amide bonds. The van der Waals surface area contributed by atoms with Crippen LogP contribution in [-0.4, -0.2) is 8.42 Å². The zero-order chi connectivity index (χ0) is 14.8. The van der Waals surface area contributed by atoms with E-state index in [0.29, 0.717) is 5.69 Å². The number of aryl methyl sites for hydroxylation is 1. The van der Waals surface area contributed by atoms with E-state index in [0.717, 1.165) is 12.0 Å². The van der Waals surface area contributed by atoms with E-state index in [1.54, 1.807) is 12.1 Å². The van der Waals surface area contributed by atoms with Crippen LogP contribution in [0.2, 0.25) is 0 Å². The van der Waals surface area contributed by atoms with Crippen LogP contribution in [0.1, 0.15) is 12.5 Å². The van der Waals surface area contributed by atoms with E-state index >= 15 is 0 Å². The first kappa shape index (κ1) is 14.2. The molecule has 0 unspecified atom stereocenters. The van der Waals surface area contributed by atoms with Gasteiger partial charge in [-0.15, -0.1) is 0 Å². The fourth-order valence-corrected chi connectivity index (χ4v) is 2.59. The molecule has 0 radical (unpaired) electrons. The summed E-state index contributed by atoms with van der Waals surface area (Å²) in [4.78, 5) is 0.102. The SMILES string of the molecule is CCc1ccc(S(=O)(=O)Oc2ccc(N)c(N)c2)cc1. The minimum Gasteiger partial charge on any atom is -0.397 e. The summed E-state index contributed by atoms with van der Waals surface area (Å²) < 4.78 is 29.2. The maximum atomic E-state index is 12.1. The molecule has 0 bridgehead atoms. The van der Waals surface area contributed by atoms with Gasteiger partial charge in [0, 0.05) is 6.07 Å². The van der Waals surface area contributed by atoms with Crippen molar-refractivity contribution in [3.63, 3.8) is 0 Å². The molecule has 20 heavy (non-hydrogen) atoms. The molecule has 0 spiro atoms. The van der Waals surface area contributed by atoms with E-state index in [9.17, 15) is 8.42 Å². The Kier molecular flexibility index (Phi) is 3.85. The van der Waals surface area contributed by atoms with Gasteiger partial charge in [0.2, 0.25) is 0 Å². The Bertz CT molecular complexity index is 710. The molecule has 0 atom stereocenters. The van der Waals surface area contributed by atoms with Gasteiger partial charge in [0.05, 0.1) is 11.4 Å². The van der Waals surface area contributed by atoms with Crippen LogP contribution in [0, 0.1) is 0 Å². The fraction of sp³-hybridized carbons (Fsp3) is 0.143. The number of nitrogens with two attached hydrogens (primary N) is 2. The Labute approximate surface area is 118 Å². The highest BCUT2D eigenvalue weighted by Crippen LogP contribution is 2.24. The molecule has 0 aliphatic carbocycles. The van der Waals surface area contributed by atoms with Crippen molar-refractivity contribution in [2.45, 2.75) is 18.2 Å². The summed E-state index contributed by atoms with van der Waals surface area (Å²) in [6.07, 6.45) is 0.843. The summed E-state index contributed by atoms with van der Waals surface area (Å²) in [5, 5.41) is 0. The van der Waals surface area contributed by atoms with Crippen molar-refractivity contribution < 1.29 is 12.6 Å². The summed E-state index contributed by atoms with van der Waals surface area (Å²) in [6, 6.07) is 10.9. The first-order valence-electron chi connectivity index (χ1n) is 6.11. The number of hydrogen-bond donors (Lipinski definition) is 2. The second-order valence-electron chi connectivity index (χ2n) is 4.33. The smallest absolute Gasteiger partial charge is 0.339 e. The molecule has 2 aromatic rings. The van der Waals surface area contributed by atoms with Gasteiger partial charge in [-0.1, -0.05) is 19.1 Å². The van der Waals surface area contributed by atoms with Gasteiger partial charge < -0.3 is 15.7 Å². The van der Waals surface area contributed by atoms with Gasteiger partial charge in [-0.05, 0) is 36.2 Å². The van der Waals surface area contributed by atoms with Crippen molar-refractivity contribution in [1.82, 2.24) is 0 Å². The highest BCUT2D eigenvalue weighted by molar-refractivity contribution is 7.87. The maximum Gasteiger partial charge on any atom is 0.339 e. The molecule has 2 rings (SSSR count). The standard InChI is InChI=1S/C14H16N2O3S/c1-2-10-3-6-12(7-4-10)20(17,18)19-11-5-8-13(15)14(16)9-11/h3-9H,2,15-16H2,1H3. The van der Waals surface area contributed by atoms with Crippen molar-refractivity contribution >= 4 is 21.5 Å². The lowest BCUT2D eigenvalue weighted by atomic mass is 10.2. The normalized spacial score (nSPS) is 11.2. The molecule has 4 N–H and O–H groups in total. The van der Waals surface area contributed by atoms with Crippen LogP contribution in [-0.2, 0) is 16.5 Å². The third kappa shape index (κ3) is 3.03. The molecule has 0 aliphatic rings. The summed E-state index contributed by atoms with van der Waals surface area (Å²) in [6.45, 7) is 2.00. The van der Waals surface area contributed by atoms with Gasteiger partial charge >= 0.3 is 10.1 Å². The number of rotatable bonds is 4. The van der Waals surface area contributed by atoms with Crippen LogP contribution in [0.25, 0.3) is 0 Å².